The number of fused-ring (bicyclic) bond motifs is 10. The van der Waals surface area contributed by atoms with Crippen molar-refractivity contribution in [2.75, 3.05) is 0 Å². The van der Waals surface area contributed by atoms with E-state index in [9.17, 15) is 19.5 Å². The summed E-state index contributed by atoms with van der Waals surface area (Å²) in [6, 6.07) is 8.77. The second-order valence-electron chi connectivity index (χ2n) is 10.4. The lowest BCUT2D eigenvalue weighted by Gasteiger charge is -2.31. The molecule has 1 N–H and O–H groups in total. The van der Waals surface area contributed by atoms with Gasteiger partial charge in [0.2, 0.25) is 6.29 Å². The number of hydrogen-bond donors (Lipinski definition) is 1. The van der Waals surface area contributed by atoms with E-state index in [2.05, 4.69) is 24.3 Å². The predicted octanol–water partition coefficient (Wildman–Crippen LogP) is 2.36. The highest BCUT2D eigenvalue weighted by Gasteiger charge is 2.64. The molecule has 2 heterocycles. The van der Waals surface area contributed by atoms with Crippen molar-refractivity contribution >= 4 is 17.9 Å². The maximum absolute atomic E-state index is 12.2. The summed E-state index contributed by atoms with van der Waals surface area (Å²) in [5.74, 6) is 0.317. The number of rotatable bonds is 2. The van der Waals surface area contributed by atoms with Gasteiger partial charge in [0.05, 0.1) is 17.8 Å². The van der Waals surface area contributed by atoms with Gasteiger partial charge in [0.15, 0.2) is 0 Å². The van der Waals surface area contributed by atoms with E-state index in [-0.39, 0.29) is 53.4 Å². The largest absolute Gasteiger partial charge is 0.435 e. The monoisotopic (exact) mass is 408 g/mol. The molecule has 7 rings (SSSR count). The van der Waals surface area contributed by atoms with Gasteiger partial charge < -0.3 is 14.6 Å². The van der Waals surface area contributed by atoms with E-state index in [0.717, 1.165) is 25.7 Å². The van der Waals surface area contributed by atoms with E-state index >= 15 is 0 Å². The normalized spacial score (nSPS) is 50.0. The molecule has 0 amide bonds. The zero-order valence-corrected chi connectivity index (χ0v) is 16.5. The number of carbonyl (C=O) groups excluding carboxylic acids is 3. The minimum absolute atomic E-state index is 0.0608. The lowest BCUT2D eigenvalue weighted by Crippen LogP contribution is -2.31. The average molecular weight is 408 g/mol. The summed E-state index contributed by atoms with van der Waals surface area (Å²) in [6.07, 6.45) is 2.94. The number of ether oxygens (including phenoxy) is 2. The van der Waals surface area contributed by atoms with Crippen LogP contribution < -0.4 is 0 Å². The summed E-state index contributed by atoms with van der Waals surface area (Å²) in [5.41, 5.74) is 2.52. The molecule has 6 fully saturated rings. The average Bonchev–Trinajstić information content (AvgIpc) is 3.54. The first-order chi connectivity index (χ1) is 14.5. The van der Waals surface area contributed by atoms with Crippen molar-refractivity contribution in [1.29, 1.82) is 0 Å². The van der Waals surface area contributed by atoms with Gasteiger partial charge in [-0.15, -0.1) is 0 Å². The molecule has 11 unspecified atom stereocenters. The van der Waals surface area contributed by atoms with Gasteiger partial charge in [0.25, 0.3) is 0 Å². The molecule has 156 valence electrons. The van der Waals surface area contributed by atoms with Crippen LogP contribution in [0.3, 0.4) is 0 Å². The molecule has 2 saturated heterocycles. The third-order valence-electron chi connectivity index (χ3n) is 9.45. The van der Waals surface area contributed by atoms with Gasteiger partial charge in [-0.25, -0.2) is 0 Å². The number of aliphatic hydroxyl groups is 1. The van der Waals surface area contributed by atoms with Gasteiger partial charge in [-0.2, -0.15) is 0 Å². The number of benzene rings is 1. The van der Waals surface area contributed by atoms with Crippen LogP contribution in [0.2, 0.25) is 0 Å². The Hall–Kier alpha value is -2.21. The first-order valence-corrected chi connectivity index (χ1v) is 11.2. The SMILES string of the molecule is O=C1OC(=O)C2C3CC(CC3c3ccc(C4CC5CC4C4C(O)OC(=O)C54)cc3)C12. The van der Waals surface area contributed by atoms with Crippen molar-refractivity contribution < 1.29 is 29.0 Å². The standard InChI is InChI=1S/C24H24O6/c25-21-17-11-5-13(15(7-11)19(17)23(27)29-21)9-1-2-10(4-3-9)14-6-12-8-16(14)20-18(12)22(26)30-24(20)28/h1-4,11-20,23,27H,5-8H2. The summed E-state index contributed by atoms with van der Waals surface area (Å²) < 4.78 is 10.0. The van der Waals surface area contributed by atoms with Crippen molar-refractivity contribution in [3.8, 4) is 0 Å². The number of esters is 3. The molecule has 11 atom stereocenters. The quantitative estimate of drug-likeness (QED) is 0.597. The van der Waals surface area contributed by atoms with E-state index in [4.69, 9.17) is 9.47 Å². The molecule has 1 aromatic rings. The van der Waals surface area contributed by atoms with Crippen molar-refractivity contribution in [2.24, 2.45) is 47.3 Å². The van der Waals surface area contributed by atoms with Crippen LogP contribution in [0.1, 0.15) is 48.6 Å². The van der Waals surface area contributed by atoms with Gasteiger partial charge >= 0.3 is 17.9 Å². The van der Waals surface area contributed by atoms with Crippen molar-refractivity contribution in [2.45, 2.75) is 43.8 Å². The second kappa shape index (κ2) is 5.72. The Morgan fingerprint density at radius 1 is 0.700 bits per heavy atom. The lowest BCUT2D eigenvalue weighted by molar-refractivity contribution is -0.159. The molecular formula is C24H24O6. The highest BCUT2D eigenvalue weighted by Crippen LogP contribution is 2.63. The highest BCUT2D eigenvalue weighted by atomic mass is 16.6. The van der Waals surface area contributed by atoms with Crippen LogP contribution in [-0.4, -0.2) is 29.3 Å². The third kappa shape index (κ3) is 2.06. The van der Waals surface area contributed by atoms with Crippen LogP contribution in [0, 0.1) is 47.3 Å². The summed E-state index contributed by atoms with van der Waals surface area (Å²) >= 11 is 0. The van der Waals surface area contributed by atoms with E-state index in [1.807, 2.05) is 0 Å². The summed E-state index contributed by atoms with van der Waals surface area (Å²) in [6.45, 7) is 0. The number of carbonyl (C=O) groups is 3. The van der Waals surface area contributed by atoms with Crippen molar-refractivity contribution in [3.05, 3.63) is 35.4 Å². The van der Waals surface area contributed by atoms with Crippen LogP contribution in [0.4, 0.5) is 0 Å². The van der Waals surface area contributed by atoms with Crippen molar-refractivity contribution in [1.82, 2.24) is 0 Å². The first kappa shape index (κ1) is 17.5. The fourth-order valence-corrected chi connectivity index (χ4v) is 8.44. The van der Waals surface area contributed by atoms with E-state index in [0.29, 0.717) is 23.7 Å². The Balaban J connectivity index is 1.12. The lowest BCUT2D eigenvalue weighted by atomic mass is 9.71. The minimum Gasteiger partial charge on any atom is -0.435 e. The predicted molar refractivity (Wildman–Crippen MR) is 102 cm³/mol. The summed E-state index contributed by atoms with van der Waals surface area (Å²) in [5, 5.41) is 10.2. The smallest absolute Gasteiger partial charge is 0.317 e. The molecule has 6 heteroatoms. The number of hydrogen-bond acceptors (Lipinski definition) is 6. The maximum Gasteiger partial charge on any atom is 0.317 e. The van der Waals surface area contributed by atoms with Gasteiger partial charge in [-0.05, 0) is 72.3 Å². The molecule has 6 nitrogen and oxygen atoms in total. The fourth-order valence-electron chi connectivity index (χ4n) is 8.44. The Bertz CT molecular complexity index is 968. The molecule has 4 saturated carbocycles. The van der Waals surface area contributed by atoms with E-state index < -0.39 is 6.29 Å². The molecule has 4 aliphatic carbocycles. The van der Waals surface area contributed by atoms with Gasteiger partial charge in [-0.1, -0.05) is 24.3 Å². The van der Waals surface area contributed by atoms with Crippen molar-refractivity contribution in [3.63, 3.8) is 0 Å². The molecule has 1 aromatic carbocycles. The Morgan fingerprint density at radius 2 is 1.27 bits per heavy atom. The Morgan fingerprint density at radius 3 is 1.97 bits per heavy atom. The summed E-state index contributed by atoms with van der Waals surface area (Å²) in [7, 11) is 0. The zero-order chi connectivity index (χ0) is 20.3. The highest BCUT2D eigenvalue weighted by molar-refractivity contribution is 5.97. The molecule has 4 bridgehead atoms. The van der Waals surface area contributed by atoms with Crippen LogP contribution in [0.15, 0.2) is 24.3 Å². The Kier molecular flexibility index (Phi) is 3.33. The molecule has 0 aromatic heterocycles. The Labute approximate surface area is 173 Å². The van der Waals surface area contributed by atoms with E-state index in [1.165, 1.54) is 11.1 Å². The zero-order valence-electron chi connectivity index (χ0n) is 16.5. The topological polar surface area (TPSA) is 89.9 Å². The molecule has 0 spiro atoms. The minimum atomic E-state index is -0.949. The number of cyclic esters (lactones) is 3. The second-order valence-corrected chi connectivity index (χ2v) is 10.4. The van der Waals surface area contributed by atoms with Crippen LogP contribution in [0.5, 0.6) is 0 Å². The van der Waals surface area contributed by atoms with Gasteiger partial charge in [0, 0.05) is 5.92 Å². The maximum atomic E-state index is 12.2. The molecular weight excluding hydrogens is 384 g/mol. The first-order valence-electron chi connectivity index (χ1n) is 11.2. The molecule has 0 radical (unpaired) electrons. The molecule has 2 aliphatic heterocycles. The molecule has 6 aliphatic rings. The van der Waals surface area contributed by atoms with E-state index in [1.54, 1.807) is 0 Å². The third-order valence-corrected chi connectivity index (χ3v) is 9.45. The van der Waals surface area contributed by atoms with Crippen LogP contribution in [-0.2, 0) is 23.9 Å². The van der Waals surface area contributed by atoms with Gasteiger partial charge in [-0.3, -0.25) is 14.4 Å². The van der Waals surface area contributed by atoms with Crippen LogP contribution in [0.25, 0.3) is 0 Å². The number of aliphatic hydroxyl groups excluding tert-OH is 1. The molecule has 30 heavy (non-hydrogen) atoms. The van der Waals surface area contributed by atoms with Crippen LogP contribution >= 0.6 is 0 Å². The van der Waals surface area contributed by atoms with Gasteiger partial charge in [0.1, 0.15) is 0 Å². The fraction of sp³-hybridized carbons (Fsp3) is 0.625. The summed E-state index contributed by atoms with van der Waals surface area (Å²) in [4.78, 5) is 36.2.